The van der Waals surface area contributed by atoms with Crippen molar-refractivity contribution in [2.45, 2.75) is 62.2 Å². The highest BCUT2D eigenvalue weighted by Crippen LogP contribution is 2.22. The molecule has 0 unspecified atom stereocenters. The van der Waals surface area contributed by atoms with Gasteiger partial charge in [0.25, 0.3) is 0 Å². The average Bonchev–Trinajstić information content (AvgIpc) is 2.60. The summed E-state index contributed by atoms with van der Waals surface area (Å²) in [7, 11) is 0. The SMILES string of the molecule is Cc1ccc(SCCCCCCCCSc2ccc(C)cc2)cc1. The smallest absolute Gasteiger partial charge is 0.00721 e. The van der Waals surface area contributed by atoms with E-state index in [0.29, 0.717) is 0 Å². The molecule has 24 heavy (non-hydrogen) atoms. The molecule has 0 aliphatic carbocycles. The molecule has 0 N–H and O–H groups in total. The molecule has 2 heteroatoms. The van der Waals surface area contributed by atoms with E-state index in [1.165, 1.54) is 70.9 Å². The monoisotopic (exact) mass is 358 g/mol. The molecule has 0 fully saturated rings. The molecule has 0 saturated carbocycles. The van der Waals surface area contributed by atoms with E-state index in [1.807, 2.05) is 23.5 Å². The normalized spacial score (nSPS) is 10.9. The van der Waals surface area contributed by atoms with Gasteiger partial charge in [0.1, 0.15) is 0 Å². The van der Waals surface area contributed by atoms with Crippen LogP contribution in [0.4, 0.5) is 0 Å². The quantitative estimate of drug-likeness (QED) is 0.301. The lowest BCUT2D eigenvalue weighted by molar-refractivity contribution is 0.629. The third kappa shape index (κ3) is 8.30. The molecule has 0 aliphatic rings. The molecule has 2 rings (SSSR count). The van der Waals surface area contributed by atoms with E-state index < -0.39 is 0 Å². The fourth-order valence-corrected chi connectivity index (χ4v) is 4.39. The summed E-state index contributed by atoms with van der Waals surface area (Å²) in [6, 6.07) is 17.8. The molecule has 0 saturated heterocycles. The fraction of sp³-hybridized carbons (Fsp3) is 0.455. The van der Waals surface area contributed by atoms with E-state index in [2.05, 4.69) is 62.4 Å². The zero-order valence-electron chi connectivity index (χ0n) is 15.1. The Morgan fingerprint density at radius 3 is 1.21 bits per heavy atom. The molecule has 0 amide bonds. The molecule has 2 aromatic rings. The summed E-state index contributed by atoms with van der Waals surface area (Å²) >= 11 is 3.99. The Balaban J connectivity index is 1.40. The van der Waals surface area contributed by atoms with E-state index >= 15 is 0 Å². The number of hydrogen-bond donors (Lipinski definition) is 0. The van der Waals surface area contributed by atoms with Crippen LogP contribution in [0.5, 0.6) is 0 Å². The maximum Gasteiger partial charge on any atom is 0.00721 e. The van der Waals surface area contributed by atoms with E-state index in [4.69, 9.17) is 0 Å². The number of thioether (sulfide) groups is 2. The van der Waals surface area contributed by atoms with Gasteiger partial charge >= 0.3 is 0 Å². The number of hydrogen-bond acceptors (Lipinski definition) is 2. The maximum atomic E-state index is 2.24. The van der Waals surface area contributed by atoms with Crippen LogP contribution in [0.25, 0.3) is 0 Å². The van der Waals surface area contributed by atoms with E-state index in [1.54, 1.807) is 0 Å². The van der Waals surface area contributed by atoms with Crippen LogP contribution < -0.4 is 0 Å². The van der Waals surface area contributed by atoms with Crippen LogP contribution >= 0.6 is 23.5 Å². The summed E-state index contributed by atoms with van der Waals surface area (Å²) in [6.45, 7) is 4.29. The molecule has 0 atom stereocenters. The molecule has 0 radical (unpaired) electrons. The molecule has 0 bridgehead atoms. The first-order chi connectivity index (χ1) is 11.7. The second kappa shape index (κ2) is 11.7. The lowest BCUT2D eigenvalue weighted by atomic mass is 10.1. The van der Waals surface area contributed by atoms with Gasteiger partial charge in [-0.1, -0.05) is 61.1 Å². The van der Waals surface area contributed by atoms with Crippen LogP contribution in [0.1, 0.15) is 49.7 Å². The van der Waals surface area contributed by atoms with Crippen molar-refractivity contribution in [3.63, 3.8) is 0 Å². The second-order valence-electron chi connectivity index (χ2n) is 6.44. The summed E-state index contributed by atoms with van der Waals surface area (Å²) in [5.41, 5.74) is 2.69. The lowest BCUT2D eigenvalue weighted by Crippen LogP contribution is -1.85. The van der Waals surface area contributed by atoms with Gasteiger partial charge in [-0.25, -0.2) is 0 Å². The predicted molar refractivity (Wildman–Crippen MR) is 112 cm³/mol. The maximum absolute atomic E-state index is 2.24. The van der Waals surface area contributed by atoms with Gasteiger partial charge in [-0.05, 0) is 62.5 Å². The number of benzene rings is 2. The van der Waals surface area contributed by atoms with Crippen LogP contribution in [0.2, 0.25) is 0 Å². The summed E-state index contributed by atoms with van der Waals surface area (Å²) in [5, 5.41) is 0. The van der Waals surface area contributed by atoms with Gasteiger partial charge in [-0.3, -0.25) is 0 Å². The van der Waals surface area contributed by atoms with Crippen molar-refractivity contribution in [2.75, 3.05) is 11.5 Å². The van der Waals surface area contributed by atoms with Gasteiger partial charge in [-0.2, -0.15) is 0 Å². The molecule has 130 valence electrons. The highest BCUT2D eigenvalue weighted by molar-refractivity contribution is 7.99. The van der Waals surface area contributed by atoms with Crippen LogP contribution in [-0.4, -0.2) is 11.5 Å². The topological polar surface area (TPSA) is 0 Å². The van der Waals surface area contributed by atoms with Crippen LogP contribution in [0.3, 0.4) is 0 Å². The first-order valence-corrected chi connectivity index (χ1v) is 11.1. The van der Waals surface area contributed by atoms with Crippen molar-refractivity contribution in [2.24, 2.45) is 0 Å². The van der Waals surface area contributed by atoms with E-state index in [9.17, 15) is 0 Å². The minimum absolute atomic E-state index is 1.26. The van der Waals surface area contributed by atoms with Gasteiger partial charge in [-0.15, -0.1) is 23.5 Å². The van der Waals surface area contributed by atoms with E-state index in [-0.39, 0.29) is 0 Å². The van der Waals surface area contributed by atoms with Crippen LogP contribution in [-0.2, 0) is 0 Å². The number of aryl methyl sites for hydroxylation is 2. The molecule has 2 aromatic carbocycles. The predicted octanol–water partition coefficient (Wildman–Crippen LogP) is 7.53. The average molecular weight is 359 g/mol. The summed E-state index contributed by atoms with van der Waals surface area (Å²) in [6.07, 6.45) is 8.23. The third-order valence-corrected chi connectivity index (χ3v) is 6.31. The molecular weight excluding hydrogens is 328 g/mol. The van der Waals surface area contributed by atoms with Gasteiger partial charge in [0, 0.05) is 9.79 Å². The largest absolute Gasteiger partial charge is 0.126 e. The highest BCUT2D eigenvalue weighted by atomic mass is 32.2. The van der Waals surface area contributed by atoms with Gasteiger partial charge in [0.05, 0.1) is 0 Å². The Morgan fingerprint density at radius 2 is 0.833 bits per heavy atom. The number of unbranched alkanes of at least 4 members (excludes halogenated alkanes) is 5. The second-order valence-corrected chi connectivity index (χ2v) is 8.78. The Hall–Kier alpha value is -0.860. The van der Waals surface area contributed by atoms with Crippen molar-refractivity contribution < 1.29 is 0 Å². The third-order valence-electron chi connectivity index (χ3n) is 4.12. The standard InChI is InChI=1S/C22H30S2/c1-19-9-13-21(14-10-19)23-17-7-5-3-4-6-8-18-24-22-15-11-20(2)12-16-22/h9-16H,3-8,17-18H2,1-2H3. The molecule has 0 nitrogen and oxygen atoms in total. The Kier molecular flexibility index (Phi) is 9.45. The molecule has 0 aromatic heterocycles. The van der Waals surface area contributed by atoms with Crippen LogP contribution in [0, 0.1) is 13.8 Å². The van der Waals surface area contributed by atoms with Crippen molar-refractivity contribution in [1.29, 1.82) is 0 Å². The minimum atomic E-state index is 1.26. The summed E-state index contributed by atoms with van der Waals surface area (Å²) in [4.78, 5) is 2.82. The summed E-state index contributed by atoms with van der Waals surface area (Å²) < 4.78 is 0. The van der Waals surface area contributed by atoms with Crippen molar-refractivity contribution >= 4 is 23.5 Å². The van der Waals surface area contributed by atoms with Crippen LogP contribution in [0.15, 0.2) is 58.3 Å². The van der Waals surface area contributed by atoms with Gasteiger partial charge in [0.2, 0.25) is 0 Å². The Labute approximate surface area is 156 Å². The number of rotatable bonds is 11. The summed E-state index contributed by atoms with van der Waals surface area (Å²) in [5.74, 6) is 2.51. The van der Waals surface area contributed by atoms with Gasteiger partial charge < -0.3 is 0 Å². The van der Waals surface area contributed by atoms with Crippen molar-refractivity contribution in [3.8, 4) is 0 Å². The zero-order valence-corrected chi connectivity index (χ0v) is 16.7. The van der Waals surface area contributed by atoms with E-state index in [0.717, 1.165) is 0 Å². The molecular formula is C22H30S2. The van der Waals surface area contributed by atoms with Gasteiger partial charge in [0.15, 0.2) is 0 Å². The lowest BCUT2D eigenvalue weighted by Gasteiger charge is -2.04. The molecule has 0 aliphatic heterocycles. The van der Waals surface area contributed by atoms with Crippen molar-refractivity contribution in [1.82, 2.24) is 0 Å². The zero-order chi connectivity index (χ0) is 17.0. The molecule has 0 heterocycles. The fourth-order valence-electron chi connectivity index (χ4n) is 2.56. The minimum Gasteiger partial charge on any atom is -0.126 e. The Bertz CT molecular complexity index is 504. The Morgan fingerprint density at radius 1 is 0.500 bits per heavy atom. The molecule has 0 spiro atoms. The highest BCUT2D eigenvalue weighted by Gasteiger charge is 1.97. The first kappa shape index (κ1) is 19.5. The van der Waals surface area contributed by atoms with Crippen molar-refractivity contribution in [3.05, 3.63) is 59.7 Å². The first-order valence-electron chi connectivity index (χ1n) is 9.13.